The second-order valence-corrected chi connectivity index (χ2v) is 5.76. The minimum absolute atomic E-state index is 0.162. The molecule has 1 aromatic carbocycles. The zero-order valence-corrected chi connectivity index (χ0v) is 12.3. The van der Waals surface area contributed by atoms with Gasteiger partial charge < -0.3 is 10.0 Å². The molecule has 0 spiro atoms. The van der Waals surface area contributed by atoms with Crippen molar-refractivity contribution < 1.29 is 14.7 Å². The number of likely N-dealkylation sites (tertiary alicyclic amines) is 1. The number of benzene rings is 1. The molecule has 0 bridgehead atoms. The Balaban J connectivity index is 2.43. The third-order valence-corrected chi connectivity index (χ3v) is 4.29. The fraction of sp³-hybridized carbons (Fsp3) is 0.500. The van der Waals surface area contributed by atoms with Crippen molar-refractivity contribution in [3.05, 3.63) is 34.9 Å². The number of nitrogens with zero attached hydrogens (tertiary/aromatic N) is 1. The van der Waals surface area contributed by atoms with Gasteiger partial charge in [0.15, 0.2) is 0 Å². The van der Waals surface area contributed by atoms with E-state index in [9.17, 15) is 14.7 Å². The number of hydrogen-bond donors (Lipinski definition) is 1. The van der Waals surface area contributed by atoms with Gasteiger partial charge in [0.2, 0.25) is 0 Å². The van der Waals surface area contributed by atoms with Crippen molar-refractivity contribution in [2.45, 2.75) is 45.6 Å². The lowest BCUT2D eigenvalue weighted by molar-refractivity contribution is -0.150. The molecule has 20 heavy (non-hydrogen) atoms. The van der Waals surface area contributed by atoms with Gasteiger partial charge in [-0.2, -0.15) is 0 Å². The molecule has 1 unspecified atom stereocenters. The van der Waals surface area contributed by atoms with E-state index in [1.54, 1.807) is 6.92 Å². The maximum Gasteiger partial charge on any atom is 0.329 e. The number of carboxylic acids is 1. The fourth-order valence-electron chi connectivity index (χ4n) is 2.96. The van der Waals surface area contributed by atoms with E-state index < -0.39 is 11.5 Å². The summed E-state index contributed by atoms with van der Waals surface area (Å²) >= 11 is 0. The first-order chi connectivity index (χ1) is 9.38. The topological polar surface area (TPSA) is 57.6 Å². The van der Waals surface area contributed by atoms with E-state index in [1.807, 2.05) is 32.0 Å². The van der Waals surface area contributed by atoms with Gasteiger partial charge in [0.25, 0.3) is 5.91 Å². The Bertz CT molecular complexity index is 532. The SMILES string of the molecule is Cc1cccc(C)c1C(=O)N1CCCCC1(C)C(=O)O. The van der Waals surface area contributed by atoms with Crippen LogP contribution in [0, 0.1) is 13.8 Å². The largest absolute Gasteiger partial charge is 0.480 e. The monoisotopic (exact) mass is 275 g/mol. The van der Waals surface area contributed by atoms with Gasteiger partial charge in [-0.3, -0.25) is 4.79 Å². The summed E-state index contributed by atoms with van der Waals surface area (Å²) in [4.78, 5) is 26.0. The Morgan fingerprint density at radius 1 is 1.20 bits per heavy atom. The number of piperidine rings is 1. The molecule has 1 aromatic rings. The van der Waals surface area contributed by atoms with E-state index in [4.69, 9.17) is 0 Å². The van der Waals surface area contributed by atoms with Crippen LogP contribution in [0.2, 0.25) is 0 Å². The molecule has 1 saturated heterocycles. The summed E-state index contributed by atoms with van der Waals surface area (Å²) in [5, 5.41) is 9.51. The average molecular weight is 275 g/mol. The highest BCUT2D eigenvalue weighted by molar-refractivity contribution is 6.00. The molecule has 1 atom stereocenters. The summed E-state index contributed by atoms with van der Waals surface area (Å²) in [5.41, 5.74) is 1.34. The smallest absolute Gasteiger partial charge is 0.329 e. The predicted octanol–water partition coefficient (Wildman–Crippen LogP) is 2.77. The number of carbonyl (C=O) groups is 2. The van der Waals surface area contributed by atoms with Crippen LogP contribution in [0.15, 0.2) is 18.2 Å². The van der Waals surface area contributed by atoms with Crippen LogP contribution in [0.4, 0.5) is 0 Å². The van der Waals surface area contributed by atoms with Gasteiger partial charge in [0, 0.05) is 12.1 Å². The predicted molar refractivity (Wildman–Crippen MR) is 76.8 cm³/mol. The number of amides is 1. The van der Waals surface area contributed by atoms with Crippen molar-refractivity contribution >= 4 is 11.9 Å². The zero-order valence-electron chi connectivity index (χ0n) is 12.3. The van der Waals surface area contributed by atoms with Crippen molar-refractivity contribution in [3.63, 3.8) is 0 Å². The molecule has 1 amide bonds. The Morgan fingerprint density at radius 2 is 1.80 bits per heavy atom. The van der Waals surface area contributed by atoms with Crippen molar-refractivity contribution in [3.8, 4) is 0 Å². The zero-order chi connectivity index (χ0) is 14.9. The van der Waals surface area contributed by atoms with Crippen LogP contribution in [0.5, 0.6) is 0 Å². The van der Waals surface area contributed by atoms with Crippen LogP contribution in [0.3, 0.4) is 0 Å². The molecule has 1 heterocycles. The van der Waals surface area contributed by atoms with Crippen LogP contribution in [-0.4, -0.2) is 34.0 Å². The van der Waals surface area contributed by atoms with Crippen LogP contribution in [0.25, 0.3) is 0 Å². The van der Waals surface area contributed by atoms with Gasteiger partial charge in [-0.25, -0.2) is 4.79 Å². The van der Waals surface area contributed by atoms with Crippen LogP contribution in [0.1, 0.15) is 47.7 Å². The van der Waals surface area contributed by atoms with Crippen molar-refractivity contribution in [2.24, 2.45) is 0 Å². The first kappa shape index (κ1) is 14.6. The van der Waals surface area contributed by atoms with Gasteiger partial charge in [0.05, 0.1) is 0 Å². The minimum Gasteiger partial charge on any atom is -0.480 e. The lowest BCUT2D eigenvalue weighted by Gasteiger charge is -2.42. The molecule has 0 saturated carbocycles. The summed E-state index contributed by atoms with van der Waals surface area (Å²) in [5.74, 6) is -1.08. The molecule has 0 radical (unpaired) electrons. The number of carbonyl (C=O) groups excluding carboxylic acids is 1. The average Bonchev–Trinajstić information content (AvgIpc) is 2.38. The van der Waals surface area contributed by atoms with Crippen LogP contribution >= 0.6 is 0 Å². The summed E-state index contributed by atoms with van der Waals surface area (Å²) < 4.78 is 0. The molecule has 4 heteroatoms. The second-order valence-electron chi connectivity index (χ2n) is 5.76. The molecule has 1 N–H and O–H groups in total. The Labute approximate surface area is 119 Å². The lowest BCUT2D eigenvalue weighted by Crippen LogP contribution is -2.57. The number of rotatable bonds is 2. The number of hydrogen-bond acceptors (Lipinski definition) is 2. The van der Waals surface area contributed by atoms with E-state index in [0.717, 1.165) is 24.0 Å². The summed E-state index contributed by atoms with van der Waals surface area (Å²) in [6.45, 7) is 5.94. The van der Waals surface area contributed by atoms with Crippen LogP contribution in [-0.2, 0) is 4.79 Å². The molecule has 108 valence electrons. The summed E-state index contributed by atoms with van der Waals surface area (Å²) in [7, 11) is 0. The maximum absolute atomic E-state index is 12.8. The minimum atomic E-state index is -1.09. The third-order valence-electron chi connectivity index (χ3n) is 4.29. The standard InChI is InChI=1S/C16H21NO3/c1-11-7-6-8-12(2)13(11)14(18)17-10-5-4-9-16(17,3)15(19)20/h6-8H,4-5,9-10H2,1-3H3,(H,19,20). The Kier molecular flexibility index (Phi) is 3.84. The van der Waals surface area contributed by atoms with Gasteiger partial charge >= 0.3 is 5.97 Å². The first-order valence-corrected chi connectivity index (χ1v) is 6.99. The quantitative estimate of drug-likeness (QED) is 0.903. The van der Waals surface area contributed by atoms with E-state index in [1.165, 1.54) is 4.90 Å². The van der Waals surface area contributed by atoms with Crippen LogP contribution < -0.4 is 0 Å². The highest BCUT2D eigenvalue weighted by Gasteiger charge is 2.44. The number of carboxylic acid groups (broad SMARTS) is 1. The third kappa shape index (κ3) is 2.30. The first-order valence-electron chi connectivity index (χ1n) is 6.99. The molecular weight excluding hydrogens is 254 g/mol. The van der Waals surface area contributed by atoms with E-state index in [2.05, 4.69) is 0 Å². The van der Waals surface area contributed by atoms with Gasteiger partial charge in [-0.05, 0) is 51.2 Å². The molecular formula is C16H21NO3. The second kappa shape index (κ2) is 5.27. The normalized spacial score (nSPS) is 22.6. The lowest BCUT2D eigenvalue weighted by atomic mass is 9.87. The molecule has 2 rings (SSSR count). The molecule has 4 nitrogen and oxygen atoms in total. The highest BCUT2D eigenvalue weighted by atomic mass is 16.4. The Morgan fingerprint density at radius 3 is 2.35 bits per heavy atom. The molecule has 1 aliphatic heterocycles. The number of aryl methyl sites for hydroxylation is 2. The molecule has 0 aromatic heterocycles. The van der Waals surface area contributed by atoms with Crippen molar-refractivity contribution in [1.82, 2.24) is 4.90 Å². The molecule has 1 fully saturated rings. The highest BCUT2D eigenvalue weighted by Crippen LogP contribution is 2.31. The van der Waals surface area contributed by atoms with Gasteiger partial charge in [-0.1, -0.05) is 18.2 Å². The summed E-state index contributed by atoms with van der Waals surface area (Å²) in [6, 6.07) is 5.69. The van der Waals surface area contributed by atoms with E-state index >= 15 is 0 Å². The molecule has 1 aliphatic rings. The number of aliphatic carboxylic acids is 1. The van der Waals surface area contributed by atoms with E-state index in [0.29, 0.717) is 18.5 Å². The maximum atomic E-state index is 12.8. The fourth-order valence-corrected chi connectivity index (χ4v) is 2.96. The molecule has 0 aliphatic carbocycles. The van der Waals surface area contributed by atoms with E-state index in [-0.39, 0.29) is 5.91 Å². The Hall–Kier alpha value is -1.84. The van der Waals surface area contributed by atoms with Gasteiger partial charge in [-0.15, -0.1) is 0 Å². The summed E-state index contributed by atoms with van der Waals surface area (Å²) in [6.07, 6.45) is 2.22. The van der Waals surface area contributed by atoms with Gasteiger partial charge in [0.1, 0.15) is 5.54 Å². The van der Waals surface area contributed by atoms with Crippen molar-refractivity contribution in [2.75, 3.05) is 6.54 Å². The van der Waals surface area contributed by atoms with Crippen molar-refractivity contribution in [1.29, 1.82) is 0 Å².